The summed E-state index contributed by atoms with van der Waals surface area (Å²) in [5.74, 6) is -1.41. The summed E-state index contributed by atoms with van der Waals surface area (Å²) in [7, 11) is 1.37. The van der Waals surface area contributed by atoms with Crippen molar-refractivity contribution in [1.29, 1.82) is 0 Å². The van der Waals surface area contributed by atoms with Crippen LogP contribution in [0, 0.1) is 0 Å². The first-order chi connectivity index (χ1) is 14.0. The van der Waals surface area contributed by atoms with Gasteiger partial charge in [0.25, 0.3) is 5.91 Å². The van der Waals surface area contributed by atoms with E-state index in [1.54, 1.807) is 40.6 Å². The molecule has 1 aromatic carbocycles. The Kier molecular flexibility index (Phi) is 6.55. The van der Waals surface area contributed by atoms with Crippen LogP contribution >= 0.6 is 11.3 Å². The summed E-state index contributed by atoms with van der Waals surface area (Å²) in [6, 6.07) is 7.70. The molecule has 0 spiro atoms. The average molecular weight is 416 g/mol. The van der Waals surface area contributed by atoms with E-state index in [0.717, 1.165) is 6.42 Å². The molecule has 1 aromatic heterocycles. The molecular weight excluding hydrogens is 396 g/mol. The van der Waals surface area contributed by atoms with Gasteiger partial charge in [0.1, 0.15) is 0 Å². The molecule has 152 valence electrons. The van der Waals surface area contributed by atoms with Gasteiger partial charge in [-0.15, -0.1) is 11.3 Å². The number of nitrogens with zero attached hydrogens (tertiary/aromatic N) is 2. The summed E-state index contributed by atoms with van der Waals surface area (Å²) in [5, 5.41) is 6.63. The van der Waals surface area contributed by atoms with Crippen molar-refractivity contribution in [2.75, 3.05) is 18.5 Å². The Morgan fingerprint density at radius 2 is 2.03 bits per heavy atom. The van der Waals surface area contributed by atoms with Gasteiger partial charge in [-0.1, -0.05) is 30.3 Å². The van der Waals surface area contributed by atoms with E-state index in [-0.39, 0.29) is 12.3 Å². The number of hydrogen-bond donors (Lipinski definition) is 2. The third-order valence-corrected chi connectivity index (χ3v) is 5.14. The largest absolute Gasteiger partial charge is 0.447 e. The lowest BCUT2D eigenvalue weighted by Crippen LogP contribution is -2.41. The number of anilines is 1. The number of thiazole rings is 1. The second kappa shape index (κ2) is 9.28. The van der Waals surface area contributed by atoms with Gasteiger partial charge >= 0.3 is 12.0 Å². The first-order valence-electron chi connectivity index (χ1n) is 8.99. The van der Waals surface area contributed by atoms with Crippen LogP contribution in [0.3, 0.4) is 0 Å². The maximum atomic E-state index is 12.4. The molecule has 0 aliphatic carbocycles. The fourth-order valence-corrected chi connectivity index (χ4v) is 3.68. The minimum absolute atomic E-state index is 0.0171. The van der Waals surface area contributed by atoms with E-state index >= 15 is 0 Å². The summed E-state index contributed by atoms with van der Waals surface area (Å²) < 4.78 is 5.36. The molecule has 1 aliphatic heterocycles. The molecule has 0 saturated carbocycles. The molecule has 0 bridgehead atoms. The number of benzene rings is 1. The van der Waals surface area contributed by atoms with Gasteiger partial charge in [0.05, 0.1) is 12.1 Å². The number of nitrogens with one attached hydrogen (secondary N) is 2. The van der Waals surface area contributed by atoms with Gasteiger partial charge < -0.3 is 10.1 Å². The van der Waals surface area contributed by atoms with Crippen molar-refractivity contribution in [3.8, 4) is 0 Å². The topological polar surface area (TPSA) is 118 Å². The molecule has 4 amide bonds. The molecule has 29 heavy (non-hydrogen) atoms. The molecule has 1 saturated heterocycles. The highest BCUT2D eigenvalue weighted by Gasteiger charge is 2.28. The van der Waals surface area contributed by atoms with E-state index in [1.165, 1.54) is 18.4 Å². The minimum atomic E-state index is -1.28. The van der Waals surface area contributed by atoms with E-state index in [4.69, 9.17) is 4.74 Å². The number of urea groups is 1. The predicted octanol–water partition coefficient (Wildman–Crippen LogP) is 1.55. The van der Waals surface area contributed by atoms with Crippen molar-refractivity contribution in [1.82, 2.24) is 15.6 Å². The van der Waals surface area contributed by atoms with Crippen LogP contribution in [0.5, 0.6) is 0 Å². The molecule has 1 aliphatic rings. The summed E-state index contributed by atoms with van der Waals surface area (Å²) in [6.07, 6.45) is -0.153. The number of imide groups is 1. The summed E-state index contributed by atoms with van der Waals surface area (Å²) in [4.78, 5) is 54.1. The quantitative estimate of drug-likeness (QED) is 0.690. The van der Waals surface area contributed by atoms with Crippen LogP contribution in [-0.2, 0) is 25.5 Å². The first kappa shape index (κ1) is 20.5. The molecule has 1 fully saturated rings. The minimum Gasteiger partial charge on any atom is -0.447 e. The zero-order valence-corrected chi connectivity index (χ0v) is 16.5. The van der Waals surface area contributed by atoms with E-state index in [0.29, 0.717) is 29.4 Å². The van der Waals surface area contributed by atoms with E-state index in [1.807, 2.05) is 0 Å². The second-order valence-electron chi connectivity index (χ2n) is 6.30. The zero-order chi connectivity index (χ0) is 20.8. The summed E-state index contributed by atoms with van der Waals surface area (Å²) in [5.41, 5.74) is 0.886. The van der Waals surface area contributed by atoms with Crippen LogP contribution < -0.4 is 15.5 Å². The number of amides is 4. The molecule has 2 N–H and O–H groups in total. The second-order valence-corrected chi connectivity index (χ2v) is 7.13. The molecule has 1 atom stereocenters. The fraction of sp³-hybridized carbons (Fsp3) is 0.316. The molecule has 2 aromatic rings. The smallest absolute Gasteiger partial charge is 0.321 e. The molecule has 0 unspecified atom stereocenters. The number of carbonyl (C=O) groups excluding carboxylic acids is 4. The Labute approximate surface area is 171 Å². The van der Waals surface area contributed by atoms with Gasteiger partial charge in [-0.3, -0.25) is 24.6 Å². The maximum Gasteiger partial charge on any atom is 0.321 e. The number of carbonyl (C=O) groups is 4. The SMILES string of the molecule is CNC(=O)NC(=O)[C@@H](OC(=O)Cc1csc(N2CCCC2=O)n1)c1ccccc1. The van der Waals surface area contributed by atoms with Crippen molar-refractivity contribution in [3.63, 3.8) is 0 Å². The Morgan fingerprint density at radius 1 is 1.28 bits per heavy atom. The third kappa shape index (κ3) is 5.17. The maximum absolute atomic E-state index is 12.4. The highest BCUT2D eigenvalue weighted by molar-refractivity contribution is 7.14. The van der Waals surface area contributed by atoms with Gasteiger partial charge in [0, 0.05) is 31.0 Å². The van der Waals surface area contributed by atoms with E-state index < -0.39 is 24.0 Å². The number of rotatable bonds is 6. The summed E-state index contributed by atoms with van der Waals surface area (Å²) >= 11 is 1.28. The standard InChI is InChI=1S/C19H20N4O5S/c1-20-18(27)22-17(26)16(12-6-3-2-4-7-12)28-15(25)10-13-11-29-19(21-13)23-9-5-8-14(23)24/h2-4,6-7,11,16H,5,8-10H2,1H3,(H2,20,22,26,27)/t16-/m0/s1. The van der Waals surface area contributed by atoms with Crippen LogP contribution in [0.25, 0.3) is 0 Å². The van der Waals surface area contributed by atoms with Crippen LogP contribution in [0.2, 0.25) is 0 Å². The van der Waals surface area contributed by atoms with Gasteiger partial charge in [-0.25, -0.2) is 9.78 Å². The summed E-state index contributed by atoms with van der Waals surface area (Å²) in [6.45, 7) is 0.617. The lowest BCUT2D eigenvalue weighted by Gasteiger charge is -2.17. The lowest BCUT2D eigenvalue weighted by atomic mass is 10.1. The monoisotopic (exact) mass is 416 g/mol. The number of aromatic nitrogens is 1. The molecule has 0 radical (unpaired) electrons. The molecule has 3 rings (SSSR count). The van der Waals surface area contributed by atoms with Crippen molar-refractivity contribution >= 4 is 40.3 Å². The fourth-order valence-electron chi connectivity index (χ4n) is 2.81. The number of hydrogen-bond acceptors (Lipinski definition) is 7. The van der Waals surface area contributed by atoms with Gasteiger partial charge in [0.2, 0.25) is 12.0 Å². The Morgan fingerprint density at radius 3 is 2.69 bits per heavy atom. The van der Waals surface area contributed by atoms with Gasteiger partial charge in [0.15, 0.2) is 5.13 Å². The van der Waals surface area contributed by atoms with Crippen LogP contribution in [0.15, 0.2) is 35.7 Å². The highest BCUT2D eigenvalue weighted by Crippen LogP contribution is 2.26. The van der Waals surface area contributed by atoms with Gasteiger partial charge in [-0.05, 0) is 6.42 Å². The van der Waals surface area contributed by atoms with E-state index in [9.17, 15) is 19.2 Å². The van der Waals surface area contributed by atoms with Crippen molar-refractivity contribution in [2.24, 2.45) is 0 Å². The first-order valence-corrected chi connectivity index (χ1v) is 9.87. The normalized spacial score (nSPS) is 14.4. The Bertz CT molecular complexity index is 914. The zero-order valence-electron chi connectivity index (χ0n) is 15.7. The Balaban J connectivity index is 1.68. The number of esters is 1. The molecule has 10 heteroatoms. The molecular formula is C19H20N4O5S. The van der Waals surface area contributed by atoms with Crippen molar-refractivity contribution in [2.45, 2.75) is 25.4 Å². The third-order valence-electron chi connectivity index (χ3n) is 4.22. The van der Waals surface area contributed by atoms with Crippen molar-refractivity contribution in [3.05, 3.63) is 47.0 Å². The molecule has 2 heterocycles. The Hall–Kier alpha value is -3.27. The van der Waals surface area contributed by atoms with Gasteiger partial charge in [-0.2, -0.15) is 0 Å². The van der Waals surface area contributed by atoms with Crippen LogP contribution in [0.4, 0.5) is 9.93 Å². The predicted molar refractivity (Wildman–Crippen MR) is 105 cm³/mol. The van der Waals surface area contributed by atoms with Crippen molar-refractivity contribution < 1.29 is 23.9 Å². The number of ether oxygens (including phenoxy) is 1. The molecule has 9 nitrogen and oxygen atoms in total. The lowest BCUT2D eigenvalue weighted by molar-refractivity contribution is -0.155. The average Bonchev–Trinajstić information content (AvgIpc) is 3.35. The highest BCUT2D eigenvalue weighted by atomic mass is 32.1. The van der Waals surface area contributed by atoms with Crippen LogP contribution in [0.1, 0.15) is 30.2 Å². The van der Waals surface area contributed by atoms with E-state index in [2.05, 4.69) is 15.6 Å². The van der Waals surface area contributed by atoms with Crippen LogP contribution in [-0.4, -0.2) is 42.4 Å².